The monoisotopic (exact) mass is 637 g/mol. The Bertz CT molecular complexity index is 1470. The molecule has 0 aliphatic carbocycles. The molecule has 0 spiro atoms. The Balaban J connectivity index is 2.08. The molecule has 1 atom stereocenters. The topological polar surface area (TPSA) is 86.8 Å². The lowest BCUT2D eigenvalue weighted by Gasteiger charge is -2.33. The van der Waals surface area contributed by atoms with Crippen LogP contribution in [-0.4, -0.2) is 44.3 Å². The van der Waals surface area contributed by atoms with Gasteiger partial charge in [-0.1, -0.05) is 79.3 Å². The third-order valence-corrected chi connectivity index (χ3v) is 9.20. The van der Waals surface area contributed by atoms with Gasteiger partial charge < -0.3 is 10.2 Å². The van der Waals surface area contributed by atoms with E-state index in [1.54, 1.807) is 68.4 Å². The minimum absolute atomic E-state index is 0.0205. The van der Waals surface area contributed by atoms with Crippen LogP contribution in [0.4, 0.5) is 5.69 Å². The largest absolute Gasteiger partial charge is 0.354 e. The minimum Gasteiger partial charge on any atom is -0.354 e. The molecule has 220 valence electrons. The summed E-state index contributed by atoms with van der Waals surface area (Å²) in [6.45, 7) is 5.43. The van der Waals surface area contributed by atoms with Gasteiger partial charge in [-0.15, -0.1) is 0 Å². The van der Waals surface area contributed by atoms with Crippen LogP contribution in [0.5, 0.6) is 0 Å². The Labute approximate surface area is 257 Å². The Morgan fingerprint density at radius 3 is 2.20 bits per heavy atom. The molecular formula is C30H34Cl3N3O4S. The number of carbonyl (C=O) groups excluding carboxylic acids is 2. The van der Waals surface area contributed by atoms with E-state index < -0.39 is 28.5 Å². The van der Waals surface area contributed by atoms with Crippen LogP contribution in [0.1, 0.15) is 44.2 Å². The number of benzene rings is 3. The Morgan fingerprint density at radius 1 is 0.927 bits per heavy atom. The van der Waals surface area contributed by atoms with Crippen molar-refractivity contribution in [1.82, 2.24) is 10.2 Å². The van der Waals surface area contributed by atoms with Crippen molar-refractivity contribution in [2.24, 2.45) is 0 Å². The van der Waals surface area contributed by atoms with E-state index in [2.05, 4.69) is 5.32 Å². The molecule has 0 unspecified atom stereocenters. The van der Waals surface area contributed by atoms with Crippen molar-refractivity contribution in [2.45, 2.75) is 57.5 Å². The molecule has 3 rings (SSSR count). The highest BCUT2D eigenvalue weighted by molar-refractivity contribution is 7.92. The van der Waals surface area contributed by atoms with Crippen LogP contribution in [0.25, 0.3) is 0 Å². The van der Waals surface area contributed by atoms with Crippen molar-refractivity contribution in [3.63, 3.8) is 0 Å². The minimum atomic E-state index is -4.18. The quantitative estimate of drug-likeness (QED) is 0.207. The molecule has 0 heterocycles. The standard InChI is InChI=1S/C30H34Cl3N3O4S/c1-4-6-16-34-30(38)27(5-2)35(19-22-12-13-24(32)18-26(22)33)29(37)20-36(28-15-14-23(31)17-21(28)3)41(39,40)25-10-8-7-9-11-25/h7-15,17-18,27H,4-6,16,19-20H2,1-3H3,(H,34,38)/t27-/m0/s1. The van der Waals surface area contributed by atoms with Gasteiger partial charge in [-0.2, -0.15) is 0 Å². The highest BCUT2D eigenvalue weighted by atomic mass is 35.5. The number of carbonyl (C=O) groups is 2. The highest BCUT2D eigenvalue weighted by Crippen LogP contribution is 2.30. The van der Waals surface area contributed by atoms with E-state index in [1.807, 2.05) is 6.92 Å². The molecule has 0 radical (unpaired) electrons. The van der Waals surface area contributed by atoms with Gasteiger partial charge in [0.2, 0.25) is 11.8 Å². The van der Waals surface area contributed by atoms with E-state index in [0.717, 1.165) is 17.1 Å². The summed E-state index contributed by atoms with van der Waals surface area (Å²) in [5, 5.41) is 4.10. The van der Waals surface area contributed by atoms with Gasteiger partial charge in [0.15, 0.2) is 0 Å². The van der Waals surface area contributed by atoms with Gasteiger partial charge in [-0.25, -0.2) is 8.42 Å². The third kappa shape index (κ3) is 8.38. The molecule has 0 bridgehead atoms. The van der Waals surface area contributed by atoms with E-state index in [0.29, 0.717) is 44.8 Å². The summed E-state index contributed by atoms with van der Waals surface area (Å²) < 4.78 is 28.9. The van der Waals surface area contributed by atoms with Crippen LogP contribution >= 0.6 is 34.8 Å². The van der Waals surface area contributed by atoms with Crippen LogP contribution in [0, 0.1) is 6.92 Å². The molecule has 3 aromatic carbocycles. The van der Waals surface area contributed by atoms with Gasteiger partial charge in [0.25, 0.3) is 10.0 Å². The van der Waals surface area contributed by atoms with Crippen molar-refractivity contribution in [3.8, 4) is 0 Å². The second-order valence-electron chi connectivity index (χ2n) is 9.58. The molecule has 11 heteroatoms. The number of nitrogens with one attached hydrogen (secondary N) is 1. The van der Waals surface area contributed by atoms with Crippen molar-refractivity contribution >= 4 is 62.3 Å². The van der Waals surface area contributed by atoms with Crippen LogP contribution in [0.2, 0.25) is 15.1 Å². The van der Waals surface area contributed by atoms with Gasteiger partial charge >= 0.3 is 0 Å². The van der Waals surface area contributed by atoms with Crippen LogP contribution in [0.15, 0.2) is 71.6 Å². The molecule has 41 heavy (non-hydrogen) atoms. The zero-order valence-electron chi connectivity index (χ0n) is 23.2. The fraction of sp³-hybridized carbons (Fsp3) is 0.333. The number of hydrogen-bond donors (Lipinski definition) is 1. The summed E-state index contributed by atoms with van der Waals surface area (Å²) in [7, 11) is -4.18. The van der Waals surface area contributed by atoms with E-state index in [-0.39, 0.29) is 17.3 Å². The number of rotatable bonds is 13. The van der Waals surface area contributed by atoms with Crippen molar-refractivity contribution < 1.29 is 18.0 Å². The SMILES string of the molecule is CCCCNC(=O)[C@H](CC)N(Cc1ccc(Cl)cc1Cl)C(=O)CN(c1ccc(Cl)cc1C)S(=O)(=O)c1ccccc1. The Kier molecular flexibility index (Phi) is 11.9. The van der Waals surface area contributed by atoms with E-state index in [1.165, 1.54) is 17.0 Å². The third-order valence-electron chi connectivity index (χ3n) is 6.61. The van der Waals surface area contributed by atoms with Gasteiger partial charge in [-0.3, -0.25) is 13.9 Å². The number of nitrogens with zero attached hydrogens (tertiary/aromatic N) is 2. The summed E-state index contributed by atoms with van der Waals surface area (Å²) in [4.78, 5) is 28.8. The average molecular weight is 639 g/mol. The first-order chi connectivity index (χ1) is 19.5. The number of unbranched alkanes of at least 4 members (excludes halogenated alkanes) is 1. The predicted molar refractivity (Wildman–Crippen MR) is 166 cm³/mol. The van der Waals surface area contributed by atoms with E-state index >= 15 is 0 Å². The maximum Gasteiger partial charge on any atom is 0.264 e. The van der Waals surface area contributed by atoms with Crippen LogP contribution < -0.4 is 9.62 Å². The molecule has 1 N–H and O–H groups in total. The number of sulfonamides is 1. The van der Waals surface area contributed by atoms with Gasteiger partial charge in [0, 0.05) is 28.2 Å². The molecule has 3 aromatic rings. The zero-order valence-corrected chi connectivity index (χ0v) is 26.3. The van der Waals surface area contributed by atoms with Crippen molar-refractivity contribution in [2.75, 3.05) is 17.4 Å². The fourth-order valence-electron chi connectivity index (χ4n) is 4.39. The van der Waals surface area contributed by atoms with E-state index in [4.69, 9.17) is 34.8 Å². The molecule has 0 saturated carbocycles. The number of halogens is 3. The number of aryl methyl sites for hydroxylation is 1. The molecule has 0 aliphatic rings. The van der Waals surface area contributed by atoms with Crippen LogP contribution in [0.3, 0.4) is 0 Å². The number of amides is 2. The number of hydrogen-bond acceptors (Lipinski definition) is 4. The second-order valence-corrected chi connectivity index (χ2v) is 12.7. The smallest absolute Gasteiger partial charge is 0.264 e. The Morgan fingerprint density at radius 2 is 1.59 bits per heavy atom. The number of anilines is 1. The predicted octanol–water partition coefficient (Wildman–Crippen LogP) is 6.87. The molecule has 0 fully saturated rings. The normalized spacial score (nSPS) is 12.0. The van der Waals surface area contributed by atoms with Crippen molar-refractivity contribution in [3.05, 3.63) is 92.9 Å². The van der Waals surface area contributed by atoms with Gasteiger partial charge in [0.1, 0.15) is 12.6 Å². The maximum atomic E-state index is 14.1. The van der Waals surface area contributed by atoms with E-state index in [9.17, 15) is 18.0 Å². The molecule has 0 saturated heterocycles. The fourth-order valence-corrected chi connectivity index (χ4v) is 6.59. The molecule has 0 aliphatic heterocycles. The first-order valence-corrected chi connectivity index (χ1v) is 15.9. The molecule has 2 amide bonds. The average Bonchev–Trinajstić information content (AvgIpc) is 2.93. The molecule has 7 nitrogen and oxygen atoms in total. The lowest BCUT2D eigenvalue weighted by atomic mass is 10.1. The first kappa shape index (κ1) is 32.7. The van der Waals surface area contributed by atoms with Gasteiger partial charge in [-0.05, 0) is 73.4 Å². The highest BCUT2D eigenvalue weighted by Gasteiger charge is 2.34. The summed E-state index contributed by atoms with van der Waals surface area (Å²) >= 11 is 18.7. The Hall–Kier alpha value is -2.78. The second kappa shape index (κ2) is 14.9. The summed E-state index contributed by atoms with van der Waals surface area (Å²) in [6.07, 6.45) is 1.99. The van der Waals surface area contributed by atoms with Crippen LogP contribution in [-0.2, 0) is 26.2 Å². The maximum absolute atomic E-state index is 14.1. The first-order valence-electron chi connectivity index (χ1n) is 13.3. The lowest BCUT2D eigenvalue weighted by molar-refractivity contribution is -0.140. The lowest BCUT2D eigenvalue weighted by Crippen LogP contribution is -2.52. The van der Waals surface area contributed by atoms with Crippen molar-refractivity contribution in [1.29, 1.82) is 0 Å². The summed E-state index contributed by atoms with van der Waals surface area (Å²) in [5.74, 6) is -0.887. The molecular weight excluding hydrogens is 605 g/mol. The zero-order chi connectivity index (χ0) is 30.2. The summed E-state index contributed by atoms with van der Waals surface area (Å²) in [6, 6.07) is 16.7. The summed E-state index contributed by atoms with van der Waals surface area (Å²) in [5.41, 5.74) is 1.45. The molecule has 0 aromatic heterocycles. The van der Waals surface area contributed by atoms with Gasteiger partial charge in [0.05, 0.1) is 10.6 Å².